The maximum atomic E-state index is 11.7. The van der Waals surface area contributed by atoms with Crippen molar-refractivity contribution in [2.75, 3.05) is 19.8 Å². The van der Waals surface area contributed by atoms with Crippen LogP contribution < -0.4 is 0 Å². The third-order valence-electron chi connectivity index (χ3n) is 1.56. The maximum absolute atomic E-state index is 11.7. The van der Waals surface area contributed by atoms with Gasteiger partial charge in [-0.25, -0.2) is 9.59 Å². The van der Waals surface area contributed by atoms with Crippen LogP contribution in [0.2, 0.25) is 0 Å². The summed E-state index contributed by atoms with van der Waals surface area (Å²) in [6.07, 6.45) is 0. The van der Waals surface area contributed by atoms with E-state index in [2.05, 4.69) is 0 Å². The Morgan fingerprint density at radius 2 is 1.29 bits per heavy atom. The summed E-state index contributed by atoms with van der Waals surface area (Å²) in [5.74, 6) is 0. The molecule has 1 rings (SSSR count). The van der Waals surface area contributed by atoms with Gasteiger partial charge in [-0.1, -0.05) is 0 Å². The molecule has 0 radical (unpaired) electrons. The Morgan fingerprint density at radius 3 is 1.65 bits per heavy atom. The lowest BCUT2D eigenvalue weighted by Gasteiger charge is -2.35. The number of hydrogen-bond acceptors (Lipinski definition) is 6. The van der Waals surface area contributed by atoms with Crippen molar-refractivity contribution in [1.82, 2.24) is 14.0 Å². The van der Waals surface area contributed by atoms with E-state index in [0.717, 1.165) is 21.1 Å². The second-order valence-corrected chi connectivity index (χ2v) is 3.54. The Hall–Kier alpha value is -1.03. The molecule has 1 saturated heterocycles. The van der Waals surface area contributed by atoms with Crippen LogP contribution in [-0.4, -0.2) is 45.9 Å². The molecule has 1 aliphatic rings. The van der Waals surface area contributed by atoms with Gasteiger partial charge in [0.05, 0.1) is 19.8 Å². The van der Waals surface area contributed by atoms with Gasteiger partial charge in [0.1, 0.15) is 12.1 Å². The van der Waals surface area contributed by atoms with Crippen molar-refractivity contribution in [2.45, 2.75) is 20.8 Å². The van der Waals surface area contributed by atoms with Crippen LogP contribution in [0.5, 0.6) is 0 Å². The zero-order valence-electron chi connectivity index (χ0n) is 9.91. The minimum atomic E-state index is -0.695. The number of carbonyl (C=O) groups is 2. The number of nitrogens with zero attached hydrogens (tertiary/aromatic N) is 3. The van der Waals surface area contributed by atoms with E-state index in [4.69, 9.17) is 14.5 Å². The molecule has 4 amide bonds. The quantitative estimate of drug-likeness (QED) is 0.679. The fourth-order valence-electron chi connectivity index (χ4n) is 0.999. The topological polar surface area (TPSA) is 71.6 Å². The van der Waals surface area contributed by atoms with E-state index in [1.54, 1.807) is 20.8 Å². The van der Waals surface area contributed by atoms with Gasteiger partial charge < -0.3 is 0 Å². The van der Waals surface area contributed by atoms with Crippen LogP contribution in [0.25, 0.3) is 0 Å². The SMILES string of the molecule is CCON1SN(OCC)C(=O)N(OCC)C1=O. The zero-order valence-corrected chi connectivity index (χ0v) is 10.7. The average molecular weight is 265 g/mol. The minimum absolute atomic E-state index is 0.183. The van der Waals surface area contributed by atoms with E-state index in [1.807, 2.05) is 0 Å². The predicted octanol–water partition coefficient (Wildman–Crippen LogP) is 1.56. The van der Waals surface area contributed by atoms with Crippen LogP contribution in [0.3, 0.4) is 0 Å². The molecule has 1 heterocycles. The number of hydrogen-bond donors (Lipinski definition) is 0. The normalized spacial score (nSPS) is 17.0. The number of urea groups is 2. The van der Waals surface area contributed by atoms with Crippen LogP contribution in [0.15, 0.2) is 0 Å². The first kappa shape index (κ1) is 14.0. The lowest BCUT2D eigenvalue weighted by atomic mass is 10.8. The highest BCUT2D eigenvalue weighted by Gasteiger charge is 2.41. The summed E-state index contributed by atoms with van der Waals surface area (Å²) in [6.45, 7) is 5.86. The highest BCUT2D eigenvalue weighted by molar-refractivity contribution is 7.95. The minimum Gasteiger partial charge on any atom is -0.261 e. The largest absolute Gasteiger partial charge is 0.389 e. The van der Waals surface area contributed by atoms with Gasteiger partial charge in [0.15, 0.2) is 0 Å². The van der Waals surface area contributed by atoms with Crippen molar-refractivity contribution in [3.05, 3.63) is 0 Å². The van der Waals surface area contributed by atoms with E-state index in [-0.39, 0.29) is 19.8 Å². The second kappa shape index (κ2) is 6.64. The Labute approximate surface area is 103 Å². The van der Waals surface area contributed by atoms with Crippen LogP contribution >= 0.6 is 12.1 Å². The summed E-state index contributed by atoms with van der Waals surface area (Å²) in [7, 11) is 0. The van der Waals surface area contributed by atoms with Crippen molar-refractivity contribution >= 4 is 24.2 Å². The van der Waals surface area contributed by atoms with Gasteiger partial charge in [0.25, 0.3) is 0 Å². The first-order chi connectivity index (χ1) is 8.15. The van der Waals surface area contributed by atoms with Gasteiger partial charge in [0.2, 0.25) is 0 Å². The molecule has 8 nitrogen and oxygen atoms in total. The highest BCUT2D eigenvalue weighted by Crippen LogP contribution is 2.27. The molecule has 0 aromatic carbocycles. The van der Waals surface area contributed by atoms with Crippen molar-refractivity contribution < 1.29 is 24.1 Å². The van der Waals surface area contributed by atoms with Crippen LogP contribution in [0.1, 0.15) is 20.8 Å². The van der Waals surface area contributed by atoms with Crippen molar-refractivity contribution in [2.24, 2.45) is 0 Å². The summed E-state index contributed by atoms with van der Waals surface area (Å²) in [6, 6.07) is -1.39. The standard InChI is InChI=1S/C8H15N3O5S/c1-4-14-9-7(12)10(15-5-2)17-11(8(9)13)16-6-3/h4-6H2,1-3H3. The summed E-state index contributed by atoms with van der Waals surface area (Å²) in [5, 5.41) is 0.599. The van der Waals surface area contributed by atoms with Gasteiger partial charge in [-0.15, -0.1) is 14.0 Å². The molecular weight excluding hydrogens is 250 g/mol. The molecule has 9 heteroatoms. The molecule has 1 fully saturated rings. The van der Waals surface area contributed by atoms with Gasteiger partial charge in [0, 0.05) is 0 Å². The van der Waals surface area contributed by atoms with Gasteiger partial charge in [-0.05, 0) is 20.8 Å². The summed E-state index contributed by atoms with van der Waals surface area (Å²) in [4.78, 5) is 38.5. The smallest absolute Gasteiger partial charge is 0.261 e. The molecule has 0 aromatic rings. The molecule has 1 aliphatic heterocycles. The lowest BCUT2D eigenvalue weighted by Crippen LogP contribution is -2.54. The van der Waals surface area contributed by atoms with Crippen molar-refractivity contribution in [3.63, 3.8) is 0 Å². The first-order valence-electron chi connectivity index (χ1n) is 5.20. The van der Waals surface area contributed by atoms with Gasteiger partial charge in [-0.3, -0.25) is 14.5 Å². The molecule has 0 unspecified atom stereocenters. The molecule has 0 spiro atoms. The molecule has 0 saturated carbocycles. The average Bonchev–Trinajstić information content (AvgIpc) is 2.31. The predicted molar refractivity (Wildman–Crippen MR) is 58.8 cm³/mol. The summed E-state index contributed by atoms with van der Waals surface area (Å²) in [5.41, 5.74) is 0. The van der Waals surface area contributed by atoms with E-state index in [1.165, 1.54) is 0 Å². The Balaban J connectivity index is 2.79. The molecule has 17 heavy (non-hydrogen) atoms. The lowest BCUT2D eigenvalue weighted by molar-refractivity contribution is -0.156. The first-order valence-corrected chi connectivity index (χ1v) is 5.93. The Bertz CT molecular complexity index is 266. The number of imide groups is 1. The van der Waals surface area contributed by atoms with Crippen LogP contribution in [-0.2, 0) is 14.5 Å². The zero-order chi connectivity index (χ0) is 12.8. The van der Waals surface area contributed by atoms with E-state index in [0.29, 0.717) is 5.06 Å². The van der Waals surface area contributed by atoms with Gasteiger partial charge >= 0.3 is 12.1 Å². The fourth-order valence-corrected chi connectivity index (χ4v) is 1.73. The monoisotopic (exact) mass is 265 g/mol. The van der Waals surface area contributed by atoms with Crippen molar-refractivity contribution in [3.8, 4) is 0 Å². The van der Waals surface area contributed by atoms with E-state index >= 15 is 0 Å². The number of amides is 4. The third-order valence-corrected chi connectivity index (χ3v) is 2.38. The fraction of sp³-hybridized carbons (Fsp3) is 0.750. The number of hydroxylamine groups is 4. The number of rotatable bonds is 6. The van der Waals surface area contributed by atoms with Gasteiger partial charge in [-0.2, -0.15) is 0 Å². The molecule has 0 N–H and O–H groups in total. The summed E-state index contributed by atoms with van der Waals surface area (Å²) < 4.78 is 1.85. The highest BCUT2D eigenvalue weighted by atomic mass is 32.2. The third kappa shape index (κ3) is 3.22. The molecule has 0 bridgehead atoms. The van der Waals surface area contributed by atoms with Crippen LogP contribution in [0.4, 0.5) is 9.59 Å². The van der Waals surface area contributed by atoms with Crippen molar-refractivity contribution in [1.29, 1.82) is 0 Å². The molecule has 0 aliphatic carbocycles. The van der Waals surface area contributed by atoms with E-state index < -0.39 is 12.1 Å². The molecule has 0 atom stereocenters. The molecule has 0 aromatic heterocycles. The maximum Gasteiger partial charge on any atom is 0.389 e. The Morgan fingerprint density at radius 1 is 0.882 bits per heavy atom. The van der Waals surface area contributed by atoms with E-state index in [9.17, 15) is 9.59 Å². The second-order valence-electron chi connectivity index (χ2n) is 2.71. The Kier molecular flexibility index (Phi) is 5.48. The molecular formula is C8H15N3O5S. The number of carbonyl (C=O) groups excluding carboxylic acids is 2. The van der Waals surface area contributed by atoms with Crippen LogP contribution in [0, 0.1) is 0 Å². The molecule has 98 valence electrons. The summed E-state index contributed by atoms with van der Waals surface area (Å²) >= 11 is 0.728.